The molecule has 20 heavy (non-hydrogen) atoms. The van der Waals surface area contributed by atoms with Gasteiger partial charge in [-0.1, -0.05) is 6.92 Å². The summed E-state index contributed by atoms with van der Waals surface area (Å²) < 4.78 is 3.20. The van der Waals surface area contributed by atoms with E-state index < -0.39 is 0 Å². The van der Waals surface area contributed by atoms with Crippen LogP contribution in [0.3, 0.4) is 0 Å². The first kappa shape index (κ1) is 14.0. The molecular formula is C11H21N9. The fourth-order valence-electron chi connectivity index (χ4n) is 1.91. The number of hydrogen-bond donors (Lipinski definition) is 4. The number of nitrogen functional groups attached to an aromatic ring is 4. The molecule has 0 aliphatic rings. The number of aromatic nitrogens is 4. The third-order valence-electron chi connectivity index (χ3n) is 3.31. The minimum absolute atomic E-state index is 0.311. The van der Waals surface area contributed by atoms with Gasteiger partial charge in [0.1, 0.15) is 11.6 Å². The van der Waals surface area contributed by atoms with Crippen molar-refractivity contribution in [2.75, 3.05) is 43.1 Å². The van der Waals surface area contributed by atoms with Gasteiger partial charge in [0.2, 0.25) is 0 Å². The predicted molar refractivity (Wildman–Crippen MR) is 79.7 cm³/mol. The Labute approximate surface area is 117 Å². The topological polar surface area (TPSA) is 143 Å². The number of nitrogens with two attached hydrogens (primary N) is 4. The summed E-state index contributed by atoms with van der Waals surface area (Å²) in [5, 5.41) is 8.43. The van der Waals surface area contributed by atoms with E-state index in [-0.39, 0.29) is 6.17 Å². The molecule has 2 aromatic heterocycles. The number of nitrogens with zero attached hydrogens (tertiary/aromatic N) is 5. The molecule has 0 saturated carbocycles. The summed E-state index contributed by atoms with van der Waals surface area (Å²) in [7, 11) is 1.99. The average molecular weight is 279 g/mol. The zero-order chi connectivity index (χ0) is 14.9. The monoisotopic (exact) mass is 279 g/mol. The number of anilines is 4. The summed E-state index contributed by atoms with van der Waals surface area (Å²) in [6.45, 7) is 3.54. The van der Waals surface area contributed by atoms with Crippen molar-refractivity contribution in [1.82, 2.24) is 24.5 Å². The molecule has 0 aromatic carbocycles. The summed E-state index contributed by atoms with van der Waals surface area (Å²) in [6, 6.07) is 0. The fraction of sp³-hybridized carbons (Fsp3) is 0.455. The van der Waals surface area contributed by atoms with Crippen LogP contribution in [0.5, 0.6) is 0 Å². The van der Waals surface area contributed by atoms with Gasteiger partial charge in [0, 0.05) is 6.54 Å². The van der Waals surface area contributed by atoms with Gasteiger partial charge >= 0.3 is 0 Å². The van der Waals surface area contributed by atoms with Crippen molar-refractivity contribution < 1.29 is 0 Å². The highest BCUT2D eigenvalue weighted by Crippen LogP contribution is 2.24. The van der Waals surface area contributed by atoms with E-state index in [2.05, 4.69) is 22.0 Å². The van der Waals surface area contributed by atoms with Crippen molar-refractivity contribution in [3.8, 4) is 0 Å². The summed E-state index contributed by atoms with van der Waals surface area (Å²) in [4.78, 5) is 2.10. The van der Waals surface area contributed by atoms with Gasteiger partial charge in [-0.25, -0.2) is 9.36 Å². The fourth-order valence-corrected chi connectivity index (χ4v) is 1.91. The third-order valence-corrected chi connectivity index (χ3v) is 3.31. The van der Waals surface area contributed by atoms with Crippen LogP contribution in [0.4, 0.5) is 23.0 Å². The van der Waals surface area contributed by atoms with E-state index in [4.69, 9.17) is 22.9 Å². The number of likely N-dealkylation sites (N-methyl/N-ethyl adjacent to an activating group) is 1. The van der Waals surface area contributed by atoms with E-state index >= 15 is 0 Å². The molecule has 0 bridgehead atoms. The maximum absolute atomic E-state index is 5.96. The highest BCUT2D eigenvalue weighted by atomic mass is 15.5. The molecular weight excluding hydrogens is 258 g/mol. The molecule has 2 heterocycles. The molecule has 0 radical (unpaired) electrons. The highest BCUT2D eigenvalue weighted by molar-refractivity contribution is 5.59. The Morgan fingerprint density at radius 1 is 1.05 bits per heavy atom. The van der Waals surface area contributed by atoms with Gasteiger partial charge in [-0.2, -0.15) is 10.2 Å². The molecule has 0 aliphatic heterocycles. The predicted octanol–water partition coefficient (Wildman–Crippen LogP) is -0.593. The summed E-state index contributed by atoms with van der Waals surface area (Å²) in [5.74, 6) is 0.765. The van der Waals surface area contributed by atoms with E-state index in [1.807, 2.05) is 7.05 Å². The molecule has 0 atom stereocenters. The van der Waals surface area contributed by atoms with Gasteiger partial charge in [0.15, 0.2) is 6.17 Å². The van der Waals surface area contributed by atoms with Gasteiger partial charge in [-0.3, -0.25) is 0 Å². The largest absolute Gasteiger partial charge is 0.394 e. The number of hydrogen-bond acceptors (Lipinski definition) is 7. The molecule has 0 aliphatic carbocycles. The SMILES string of the molecule is CCN(C)CC(n1ncc(N)c1N)n1ncc(N)c1N. The van der Waals surface area contributed by atoms with Crippen molar-refractivity contribution in [2.45, 2.75) is 13.1 Å². The Balaban J connectivity index is 2.45. The Morgan fingerprint density at radius 2 is 1.50 bits per heavy atom. The van der Waals surface area contributed by atoms with Gasteiger partial charge < -0.3 is 27.8 Å². The van der Waals surface area contributed by atoms with Crippen molar-refractivity contribution in [3.63, 3.8) is 0 Å². The molecule has 9 nitrogen and oxygen atoms in total. The van der Waals surface area contributed by atoms with Crippen LogP contribution in [0.15, 0.2) is 12.4 Å². The van der Waals surface area contributed by atoms with Crippen LogP contribution in [0.25, 0.3) is 0 Å². The summed E-state index contributed by atoms with van der Waals surface area (Å²) >= 11 is 0. The second-order valence-electron chi connectivity index (χ2n) is 4.69. The van der Waals surface area contributed by atoms with Gasteiger partial charge in [0.05, 0.1) is 23.8 Å². The van der Waals surface area contributed by atoms with Gasteiger partial charge in [-0.05, 0) is 13.6 Å². The minimum atomic E-state index is -0.311. The molecule has 0 fully saturated rings. The smallest absolute Gasteiger partial charge is 0.160 e. The van der Waals surface area contributed by atoms with E-state index in [9.17, 15) is 0 Å². The van der Waals surface area contributed by atoms with Crippen molar-refractivity contribution in [1.29, 1.82) is 0 Å². The van der Waals surface area contributed by atoms with Crippen molar-refractivity contribution in [3.05, 3.63) is 12.4 Å². The molecule has 0 unspecified atom stereocenters. The lowest BCUT2D eigenvalue weighted by atomic mass is 10.4. The van der Waals surface area contributed by atoms with E-state index in [1.165, 1.54) is 12.4 Å². The maximum Gasteiger partial charge on any atom is 0.160 e. The van der Waals surface area contributed by atoms with Crippen LogP contribution in [-0.2, 0) is 0 Å². The van der Waals surface area contributed by atoms with Crippen LogP contribution in [0, 0.1) is 0 Å². The number of rotatable bonds is 5. The van der Waals surface area contributed by atoms with Crippen molar-refractivity contribution in [2.24, 2.45) is 0 Å². The first-order chi connectivity index (χ1) is 9.45. The van der Waals surface area contributed by atoms with E-state index in [0.717, 1.165) is 6.54 Å². The van der Waals surface area contributed by atoms with Gasteiger partial charge in [0.25, 0.3) is 0 Å². The summed E-state index contributed by atoms with van der Waals surface area (Å²) in [5.41, 5.74) is 24.3. The molecule has 0 spiro atoms. The first-order valence-electron chi connectivity index (χ1n) is 6.31. The molecule has 9 heteroatoms. The standard InChI is InChI=1S/C11H21N9/c1-3-18(2)6-9(19-10(14)7(12)4-16-19)20-11(15)8(13)5-17-20/h4-5,9H,3,6,12-15H2,1-2H3. The van der Waals surface area contributed by atoms with Crippen LogP contribution in [0.1, 0.15) is 13.1 Å². The van der Waals surface area contributed by atoms with E-state index in [1.54, 1.807) is 9.36 Å². The van der Waals surface area contributed by atoms with Crippen LogP contribution >= 0.6 is 0 Å². The Morgan fingerprint density at radius 3 is 1.80 bits per heavy atom. The average Bonchev–Trinajstić information content (AvgIpc) is 2.93. The zero-order valence-electron chi connectivity index (χ0n) is 11.7. The molecule has 8 N–H and O–H groups in total. The van der Waals surface area contributed by atoms with Gasteiger partial charge in [-0.15, -0.1) is 0 Å². The zero-order valence-corrected chi connectivity index (χ0v) is 11.7. The minimum Gasteiger partial charge on any atom is -0.394 e. The Bertz CT molecular complexity index is 538. The van der Waals surface area contributed by atoms with Crippen molar-refractivity contribution >= 4 is 23.0 Å². The Hall–Kier alpha value is -2.42. The lowest BCUT2D eigenvalue weighted by Crippen LogP contribution is -2.34. The quantitative estimate of drug-likeness (QED) is 0.572. The lowest BCUT2D eigenvalue weighted by molar-refractivity contribution is 0.242. The third kappa shape index (κ3) is 2.35. The Kier molecular flexibility index (Phi) is 3.70. The molecule has 110 valence electrons. The molecule has 0 amide bonds. The molecule has 0 saturated heterocycles. The normalized spacial score (nSPS) is 11.6. The summed E-state index contributed by atoms with van der Waals surface area (Å²) in [6.07, 6.45) is 2.71. The first-order valence-corrected chi connectivity index (χ1v) is 6.31. The van der Waals surface area contributed by atoms with Crippen LogP contribution < -0.4 is 22.9 Å². The second-order valence-corrected chi connectivity index (χ2v) is 4.69. The van der Waals surface area contributed by atoms with Crippen LogP contribution in [0.2, 0.25) is 0 Å². The lowest BCUT2D eigenvalue weighted by Gasteiger charge is -2.25. The highest BCUT2D eigenvalue weighted by Gasteiger charge is 2.22. The second kappa shape index (κ2) is 5.29. The van der Waals surface area contributed by atoms with E-state index in [0.29, 0.717) is 29.6 Å². The maximum atomic E-state index is 5.96. The molecule has 2 aromatic rings. The molecule has 2 rings (SSSR count). The van der Waals surface area contributed by atoms with Crippen LogP contribution in [-0.4, -0.2) is 44.6 Å².